The number of rotatable bonds is 2. The molecule has 1 aromatic carbocycles. The predicted octanol–water partition coefficient (Wildman–Crippen LogP) is -1.80. The first-order valence-corrected chi connectivity index (χ1v) is 11.5. The Labute approximate surface area is 156 Å². The summed E-state index contributed by atoms with van der Waals surface area (Å²) < 4.78 is 7.46. The number of nitrogens with zero attached hydrogens (tertiary/aromatic N) is 1. The Morgan fingerprint density at radius 3 is 2.96 bits per heavy atom. The normalized spacial score (nSPS) is 41.7. The van der Waals surface area contributed by atoms with Gasteiger partial charge in [0.15, 0.2) is 0 Å². The first kappa shape index (κ1) is 15.2. The third-order valence-electron chi connectivity index (χ3n) is 6.95. The number of ether oxygens (including phenoxy) is 1. The topological polar surface area (TPSA) is 70.0 Å². The van der Waals surface area contributed by atoms with Crippen molar-refractivity contribution in [1.29, 1.82) is 0 Å². The van der Waals surface area contributed by atoms with Gasteiger partial charge < -0.3 is 0 Å². The van der Waals surface area contributed by atoms with E-state index >= 15 is 0 Å². The number of hydrogen-bond donors (Lipinski definition) is 2. The number of alkyl halides is 1. The molecule has 2 bridgehead atoms. The molecule has 5 aliphatic rings. The van der Waals surface area contributed by atoms with Gasteiger partial charge >= 0.3 is 157 Å². The first-order valence-electron chi connectivity index (χ1n) is 9.20. The summed E-state index contributed by atoms with van der Waals surface area (Å²) in [6, 6.07) is 3.72. The number of phenols is 1. The fourth-order valence-corrected chi connectivity index (χ4v) is 9.94. The second-order valence-electron chi connectivity index (χ2n) is 8.26. The summed E-state index contributed by atoms with van der Waals surface area (Å²) in [7, 11) is 0. The Kier molecular flexibility index (Phi) is 2.86. The van der Waals surface area contributed by atoms with Crippen LogP contribution in [0.5, 0.6) is 11.5 Å². The van der Waals surface area contributed by atoms with Crippen molar-refractivity contribution in [3.8, 4) is 11.5 Å². The van der Waals surface area contributed by atoms with E-state index in [2.05, 4.69) is 4.90 Å². The number of carbonyl (C=O) groups excluding carboxylic acids is 1. The minimum atomic E-state index is -0.891. The summed E-state index contributed by atoms with van der Waals surface area (Å²) in [5.41, 5.74) is -0.560. The van der Waals surface area contributed by atoms with Crippen LogP contribution in [0.25, 0.3) is 0 Å². The monoisotopic (exact) mass is 454 g/mol. The van der Waals surface area contributed by atoms with Crippen molar-refractivity contribution in [1.82, 2.24) is 4.90 Å². The Bertz CT molecular complexity index is 809. The van der Waals surface area contributed by atoms with Gasteiger partial charge in [0.1, 0.15) is 0 Å². The van der Waals surface area contributed by atoms with Crippen molar-refractivity contribution in [3.63, 3.8) is 0 Å². The summed E-state index contributed by atoms with van der Waals surface area (Å²) >= 11 is -0.436. The van der Waals surface area contributed by atoms with Gasteiger partial charge in [-0.15, -0.1) is 0 Å². The van der Waals surface area contributed by atoms with Crippen molar-refractivity contribution in [2.24, 2.45) is 5.92 Å². The number of ketones is 1. The molecular formula is C19H21INO4-. The molecule has 0 radical (unpaired) electrons. The molecule has 0 amide bonds. The summed E-state index contributed by atoms with van der Waals surface area (Å²) in [6.07, 6.45) is 3.66. The summed E-state index contributed by atoms with van der Waals surface area (Å²) in [5.74, 6) is 1.46. The maximum atomic E-state index is 12.7. The molecule has 1 aromatic rings. The van der Waals surface area contributed by atoms with Crippen LogP contribution in [0.1, 0.15) is 37.7 Å². The minimum absolute atomic E-state index is 0.0840. The maximum absolute atomic E-state index is 12.7. The van der Waals surface area contributed by atoms with Gasteiger partial charge in [0.25, 0.3) is 0 Å². The molecule has 134 valence electrons. The van der Waals surface area contributed by atoms with Gasteiger partial charge in [-0.3, -0.25) is 0 Å². The van der Waals surface area contributed by atoms with Crippen molar-refractivity contribution in [2.45, 2.75) is 53.3 Å². The second-order valence-corrected chi connectivity index (χ2v) is 11.2. The van der Waals surface area contributed by atoms with Gasteiger partial charge in [0, 0.05) is 0 Å². The molecule has 5 nitrogen and oxygen atoms in total. The number of likely N-dealkylation sites (tertiary alicyclic amines) is 1. The molecule has 1 saturated heterocycles. The fraction of sp³-hybridized carbons (Fsp3) is 0.632. The van der Waals surface area contributed by atoms with Crippen LogP contribution in [0.15, 0.2) is 12.1 Å². The van der Waals surface area contributed by atoms with Crippen LogP contribution in [0.2, 0.25) is 0 Å². The molecule has 4 atom stereocenters. The van der Waals surface area contributed by atoms with E-state index in [0.717, 1.165) is 31.0 Å². The van der Waals surface area contributed by atoms with Crippen molar-refractivity contribution in [3.05, 3.63) is 21.3 Å². The number of aromatic hydroxyl groups is 1. The van der Waals surface area contributed by atoms with Gasteiger partial charge in [-0.2, -0.15) is 0 Å². The third-order valence-corrected chi connectivity index (χ3v) is 10.9. The number of hydrogen-bond acceptors (Lipinski definition) is 5. The average Bonchev–Trinajstić information content (AvgIpc) is 3.32. The fourth-order valence-electron chi connectivity index (χ4n) is 5.60. The molecule has 6 rings (SSSR count). The Balaban J connectivity index is 1.58. The van der Waals surface area contributed by atoms with Crippen LogP contribution in [-0.2, 0) is 10.2 Å². The summed E-state index contributed by atoms with van der Waals surface area (Å²) in [6.45, 7) is 2.01. The molecule has 2 aliphatic carbocycles. The summed E-state index contributed by atoms with van der Waals surface area (Å²) in [4.78, 5) is 15.2. The number of carbonyl (C=O) groups is 1. The van der Waals surface area contributed by atoms with Crippen LogP contribution >= 0.6 is 0 Å². The van der Waals surface area contributed by atoms with Crippen LogP contribution in [-0.4, -0.2) is 49.7 Å². The third kappa shape index (κ3) is 1.69. The van der Waals surface area contributed by atoms with E-state index in [1.54, 1.807) is 6.07 Å². The second kappa shape index (κ2) is 4.70. The van der Waals surface area contributed by atoms with Crippen molar-refractivity contribution < 1.29 is 40.9 Å². The Hall–Kier alpha value is -0.860. The van der Waals surface area contributed by atoms with Crippen LogP contribution in [0.4, 0.5) is 0 Å². The predicted molar refractivity (Wildman–Crippen MR) is 84.8 cm³/mol. The molecule has 3 unspecified atom stereocenters. The molecule has 0 aromatic heterocycles. The Morgan fingerprint density at radius 2 is 2.16 bits per heavy atom. The quantitative estimate of drug-likeness (QED) is 0.314. The van der Waals surface area contributed by atoms with Crippen molar-refractivity contribution >= 4 is 5.78 Å². The van der Waals surface area contributed by atoms with Gasteiger partial charge in [-0.25, -0.2) is 0 Å². The number of aliphatic hydroxyl groups is 1. The van der Waals surface area contributed by atoms with Gasteiger partial charge in [0.2, 0.25) is 0 Å². The number of benzene rings is 1. The average molecular weight is 454 g/mol. The van der Waals surface area contributed by atoms with E-state index in [9.17, 15) is 15.0 Å². The molecular weight excluding hydrogens is 433 g/mol. The molecule has 1 spiro atoms. The molecule has 3 fully saturated rings. The number of phenolic OH excluding ortho intramolecular Hbond substituents is 1. The van der Waals surface area contributed by atoms with Crippen molar-refractivity contribution in [2.75, 3.05) is 13.1 Å². The zero-order valence-corrected chi connectivity index (χ0v) is 16.0. The Morgan fingerprint density at radius 1 is 1.32 bits per heavy atom. The SMILES string of the molecule is O=C1CCC2(O)C3[I-]c4ccc(O)c5c4C2(CCN3CC2CC2)[C@H]1O5. The first-order chi connectivity index (χ1) is 12.0. The molecule has 2 saturated carbocycles. The van der Waals surface area contributed by atoms with Crippen LogP contribution in [0.3, 0.4) is 0 Å². The van der Waals surface area contributed by atoms with E-state index < -0.39 is 38.3 Å². The number of piperidine rings is 1. The molecule has 3 heterocycles. The van der Waals surface area contributed by atoms with Gasteiger partial charge in [-0.1, -0.05) is 0 Å². The van der Waals surface area contributed by atoms with E-state index in [4.69, 9.17) is 4.74 Å². The molecule has 6 heteroatoms. The number of Topliss-reactive ketones (excluding diaryl/α,β-unsaturated/α-hetero) is 1. The molecule has 3 aliphatic heterocycles. The van der Waals surface area contributed by atoms with E-state index in [1.807, 2.05) is 6.07 Å². The van der Waals surface area contributed by atoms with Gasteiger partial charge in [-0.05, 0) is 0 Å². The zero-order valence-electron chi connectivity index (χ0n) is 13.9. The van der Waals surface area contributed by atoms with E-state index in [0.29, 0.717) is 18.6 Å². The standard InChI is InChI=1S/C19H21INO4/c22-12-4-3-11-14-15(12)25-16-13(23)5-6-19(24)17(20-11)21(9-10-1-2-10)8-7-18(14,16)19/h3-4,10,16-17,22,24H,1-2,5-9H2/q-1/t16-,17?,18?,19?/m0/s1. The number of halogens is 1. The molecule has 2 N–H and O–H groups in total. The summed E-state index contributed by atoms with van der Waals surface area (Å²) in [5, 5.41) is 22.3. The van der Waals surface area contributed by atoms with E-state index in [-0.39, 0.29) is 15.6 Å². The van der Waals surface area contributed by atoms with Crippen LogP contribution in [0, 0.1) is 9.49 Å². The van der Waals surface area contributed by atoms with Gasteiger partial charge in [0.05, 0.1) is 0 Å². The zero-order chi connectivity index (χ0) is 17.0. The van der Waals surface area contributed by atoms with E-state index in [1.165, 1.54) is 16.4 Å². The van der Waals surface area contributed by atoms with Crippen LogP contribution < -0.4 is 25.9 Å². The molecule has 25 heavy (non-hydrogen) atoms.